The minimum atomic E-state index is 0.711. The first-order chi connectivity index (χ1) is 8.33. The third-order valence-corrected chi connectivity index (χ3v) is 3.95. The molecule has 17 heavy (non-hydrogen) atoms. The van der Waals surface area contributed by atoms with E-state index in [4.69, 9.17) is 0 Å². The number of thioether (sulfide) groups is 1. The molecular weight excluding hydrogens is 226 g/mol. The van der Waals surface area contributed by atoms with E-state index in [0.29, 0.717) is 5.92 Å². The molecule has 0 bridgehead atoms. The molecule has 1 atom stereocenters. The van der Waals surface area contributed by atoms with Gasteiger partial charge in [-0.15, -0.1) is 11.8 Å². The van der Waals surface area contributed by atoms with Crippen LogP contribution in [0.2, 0.25) is 0 Å². The molecule has 1 rings (SSSR count). The molecule has 1 aromatic rings. The van der Waals surface area contributed by atoms with Crippen molar-refractivity contribution in [2.45, 2.75) is 63.3 Å². The summed E-state index contributed by atoms with van der Waals surface area (Å²) in [6.45, 7) is 4.55. The van der Waals surface area contributed by atoms with Gasteiger partial charge < -0.3 is 0 Å². The van der Waals surface area contributed by atoms with Crippen LogP contribution in [0.5, 0.6) is 0 Å². The molecule has 0 aliphatic carbocycles. The molecule has 0 aromatic carbocycles. The van der Waals surface area contributed by atoms with Crippen LogP contribution in [0.3, 0.4) is 0 Å². The van der Waals surface area contributed by atoms with Gasteiger partial charge in [-0.3, -0.25) is 0 Å². The molecule has 1 nitrogen and oxygen atoms in total. The predicted octanol–water partition coefficient (Wildman–Crippen LogP) is 5.27. The standard InChI is InChI=1S/C15H25NS/c1-4-6-7-10-13(9-5-2)14-11-8-12-16-15(14)17-3/h8,11-13H,4-7,9-10H2,1-3H3. The van der Waals surface area contributed by atoms with Gasteiger partial charge >= 0.3 is 0 Å². The fraction of sp³-hybridized carbons (Fsp3) is 0.667. The maximum absolute atomic E-state index is 4.49. The van der Waals surface area contributed by atoms with Gasteiger partial charge in [0.2, 0.25) is 0 Å². The summed E-state index contributed by atoms with van der Waals surface area (Å²) in [5.41, 5.74) is 1.47. The lowest BCUT2D eigenvalue weighted by Crippen LogP contribution is -2.02. The molecule has 0 N–H and O–H groups in total. The quantitative estimate of drug-likeness (QED) is 0.461. The maximum atomic E-state index is 4.49. The Morgan fingerprint density at radius 3 is 2.65 bits per heavy atom. The Morgan fingerprint density at radius 1 is 1.18 bits per heavy atom. The topological polar surface area (TPSA) is 12.9 Å². The monoisotopic (exact) mass is 251 g/mol. The van der Waals surface area contributed by atoms with E-state index in [2.05, 4.69) is 37.2 Å². The van der Waals surface area contributed by atoms with Crippen molar-refractivity contribution in [2.24, 2.45) is 0 Å². The maximum Gasteiger partial charge on any atom is 0.0991 e. The number of hydrogen-bond acceptors (Lipinski definition) is 2. The van der Waals surface area contributed by atoms with Crippen LogP contribution in [0, 0.1) is 0 Å². The van der Waals surface area contributed by atoms with E-state index >= 15 is 0 Å². The van der Waals surface area contributed by atoms with Gasteiger partial charge in [0.05, 0.1) is 5.03 Å². The third kappa shape index (κ3) is 4.71. The van der Waals surface area contributed by atoms with Gasteiger partial charge in [0.1, 0.15) is 0 Å². The van der Waals surface area contributed by atoms with E-state index in [0.717, 1.165) is 0 Å². The lowest BCUT2D eigenvalue weighted by atomic mass is 9.90. The van der Waals surface area contributed by atoms with Crippen LogP contribution in [0.15, 0.2) is 23.4 Å². The summed E-state index contributed by atoms with van der Waals surface area (Å²) in [5, 5.41) is 1.22. The zero-order valence-electron chi connectivity index (χ0n) is 11.4. The predicted molar refractivity (Wildman–Crippen MR) is 77.8 cm³/mol. The Hall–Kier alpha value is -0.500. The molecule has 0 radical (unpaired) electrons. The first-order valence-corrected chi connectivity index (χ1v) is 8.04. The Bertz CT molecular complexity index is 312. The van der Waals surface area contributed by atoms with Crippen molar-refractivity contribution in [1.82, 2.24) is 4.98 Å². The largest absolute Gasteiger partial charge is 0.250 e. The number of hydrogen-bond donors (Lipinski definition) is 0. The average Bonchev–Trinajstić information content (AvgIpc) is 2.38. The third-order valence-electron chi connectivity index (χ3n) is 3.23. The van der Waals surface area contributed by atoms with Crippen LogP contribution in [0.25, 0.3) is 0 Å². The lowest BCUT2D eigenvalue weighted by Gasteiger charge is -2.18. The second kappa shape index (κ2) is 8.57. The SMILES string of the molecule is CCCCCC(CCC)c1cccnc1SC. The second-order valence-electron chi connectivity index (χ2n) is 4.58. The number of pyridine rings is 1. The van der Waals surface area contributed by atoms with E-state index in [1.807, 2.05) is 6.20 Å². The summed E-state index contributed by atoms with van der Waals surface area (Å²) in [6.07, 6.45) is 11.9. The van der Waals surface area contributed by atoms with Gasteiger partial charge in [0, 0.05) is 6.20 Å². The van der Waals surface area contributed by atoms with Crippen molar-refractivity contribution in [3.05, 3.63) is 23.9 Å². The van der Waals surface area contributed by atoms with Crippen molar-refractivity contribution in [3.63, 3.8) is 0 Å². The number of nitrogens with zero attached hydrogens (tertiary/aromatic N) is 1. The molecule has 0 fully saturated rings. The Balaban J connectivity index is 2.73. The van der Waals surface area contributed by atoms with Gasteiger partial charge in [-0.2, -0.15) is 0 Å². The molecule has 1 heterocycles. The molecule has 1 unspecified atom stereocenters. The minimum absolute atomic E-state index is 0.711. The Labute approximate surface area is 110 Å². The molecule has 0 spiro atoms. The van der Waals surface area contributed by atoms with Crippen LogP contribution in [0.1, 0.15) is 63.9 Å². The number of rotatable bonds is 8. The van der Waals surface area contributed by atoms with Crippen LogP contribution in [-0.2, 0) is 0 Å². The van der Waals surface area contributed by atoms with Gasteiger partial charge in [-0.05, 0) is 36.6 Å². The first-order valence-electron chi connectivity index (χ1n) is 6.82. The van der Waals surface area contributed by atoms with Gasteiger partial charge in [0.15, 0.2) is 0 Å². The first kappa shape index (κ1) is 14.6. The van der Waals surface area contributed by atoms with Crippen LogP contribution < -0.4 is 0 Å². The molecule has 2 heteroatoms. The zero-order chi connectivity index (χ0) is 12.5. The second-order valence-corrected chi connectivity index (χ2v) is 5.38. The summed E-state index contributed by atoms with van der Waals surface area (Å²) in [4.78, 5) is 4.49. The van der Waals surface area contributed by atoms with E-state index in [9.17, 15) is 0 Å². The minimum Gasteiger partial charge on any atom is -0.250 e. The van der Waals surface area contributed by atoms with Crippen LogP contribution >= 0.6 is 11.8 Å². The van der Waals surface area contributed by atoms with Gasteiger partial charge in [0.25, 0.3) is 0 Å². The lowest BCUT2D eigenvalue weighted by molar-refractivity contribution is 0.520. The smallest absolute Gasteiger partial charge is 0.0991 e. The molecule has 0 saturated heterocycles. The molecule has 1 aromatic heterocycles. The van der Waals surface area contributed by atoms with E-state index in [1.54, 1.807) is 11.8 Å². The van der Waals surface area contributed by atoms with Crippen LogP contribution in [0.4, 0.5) is 0 Å². The summed E-state index contributed by atoms with van der Waals surface area (Å²) in [7, 11) is 0. The van der Waals surface area contributed by atoms with E-state index in [1.165, 1.54) is 49.1 Å². The van der Waals surface area contributed by atoms with E-state index in [-0.39, 0.29) is 0 Å². The molecule has 0 aliphatic rings. The molecule has 0 amide bonds. The zero-order valence-corrected chi connectivity index (χ0v) is 12.2. The van der Waals surface area contributed by atoms with Crippen molar-refractivity contribution < 1.29 is 0 Å². The fourth-order valence-corrected chi connectivity index (χ4v) is 2.97. The fourth-order valence-electron chi connectivity index (χ4n) is 2.33. The molecule has 96 valence electrons. The molecular formula is C15H25NS. The highest BCUT2D eigenvalue weighted by Gasteiger charge is 2.14. The highest BCUT2D eigenvalue weighted by molar-refractivity contribution is 7.98. The molecule has 0 aliphatic heterocycles. The average molecular weight is 251 g/mol. The summed E-state index contributed by atoms with van der Waals surface area (Å²) >= 11 is 1.78. The summed E-state index contributed by atoms with van der Waals surface area (Å²) in [6, 6.07) is 4.35. The Kier molecular flexibility index (Phi) is 7.34. The number of aromatic nitrogens is 1. The van der Waals surface area contributed by atoms with Crippen molar-refractivity contribution in [1.29, 1.82) is 0 Å². The van der Waals surface area contributed by atoms with E-state index < -0.39 is 0 Å². The van der Waals surface area contributed by atoms with Crippen molar-refractivity contribution in [2.75, 3.05) is 6.26 Å². The normalized spacial score (nSPS) is 12.6. The van der Waals surface area contributed by atoms with Gasteiger partial charge in [-0.25, -0.2) is 4.98 Å². The summed E-state index contributed by atoms with van der Waals surface area (Å²) in [5.74, 6) is 0.711. The number of unbranched alkanes of at least 4 members (excludes halogenated alkanes) is 2. The molecule has 0 saturated carbocycles. The highest BCUT2D eigenvalue weighted by atomic mass is 32.2. The summed E-state index contributed by atoms with van der Waals surface area (Å²) < 4.78 is 0. The highest BCUT2D eigenvalue weighted by Crippen LogP contribution is 2.32. The Morgan fingerprint density at radius 2 is 2.00 bits per heavy atom. The van der Waals surface area contributed by atoms with Gasteiger partial charge in [-0.1, -0.05) is 45.6 Å². The van der Waals surface area contributed by atoms with Crippen molar-refractivity contribution >= 4 is 11.8 Å². The van der Waals surface area contributed by atoms with Crippen LogP contribution in [-0.4, -0.2) is 11.2 Å². The van der Waals surface area contributed by atoms with Crippen molar-refractivity contribution in [3.8, 4) is 0 Å².